The molecule has 1 aromatic heterocycles. The fourth-order valence-corrected chi connectivity index (χ4v) is 2.57. The van der Waals surface area contributed by atoms with Crippen LogP contribution in [0.25, 0.3) is 0 Å². The van der Waals surface area contributed by atoms with Crippen LogP contribution in [0.4, 0.5) is 0 Å². The highest BCUT2D eigenvalue weighted by Crippen LogP contribution is 2.09. The molecular formula is C9H19ClN4O2S. The van der Waals surface area contributed by atoms with Crippen molar-refractivity contribution in [1.29, 1.82) is 0 Å². The quantitative estimate of drug-likeness (QED) is 0.810. The summed E-state index contributed by atoms with van der Waals surface area (Å²) in [6, 6.07) is -0.294. The van der Waals surface area contributed by atoms with Gasteiger partial charge in [0.05, 0.1) is 0 Å². The van der Waals surface area contributed by atoms with Crippen LogP contribution in [0.3, 0.4) is 0 Å². The zero-order valence-electron chi connectivity index (χ0n) is 10.2. The predicted octanol–water partition coefficient (Wildman–Crippen LogP) is 0.259. The molecule has 6 nitrogen and oxygen atoms in total. The predicted molar refractivity (Wildman–Crippen MR) is 68.7 cm³/mol. The molecule has 3 N–H and O–H groups in total. The summed E-state index contributed by atoms with van der Waals surface area (Å²) in [4.78, 5) is 4.01. The molecular weight excluding hydrogens is 264 g/mol. The summed E-state index contributed by atoms with van der Waals surface area (Å²) in [5.41, 5.74) is 5.37. The largest absolute Gasteiger partial charge is 0.334 e. The number of imidazole rings is 1. The standard InChI is InChI=1S/C9H18N4O2S.ClH/c1-4-13-6-9(11-8(13)3)16(14,15)12-7(2)5-10;/h6-7,12H,4-5,10H2,1-3H3;1H/t7-;/m1./s1. The van der Waals surface area contributed by atoms with Crippen LogP contribution in [0.1, 0.15) is 19.7 Å². The van der Waals surface area contributed by atoms with Gasteiger partial charge in [0.25, 0.3) is 10.0 Å². The molecule has 17 heavy (non-hydrogen) atoms. The van der Waals surface area contributed by atoms with Crippen molar-refractivity contribution >= 4 is 22.4 Å². The van der Waals surface area contributed by atoms with Crippen LogP contribution in [-0.4, -0.2) is 30.6 Å². The highest BCUT2D eigenvalue weighted by Gasteiger charge is 2.20. The summed E-state index contributed by atoms with van der Waals surface area (Å²) >= 11 is 0. The lowest BCUT2D eigenvalue weighted by atomic mass is 10.4. The second-order valence-corrected chi connectivity index (χ2v) is 5.33. The van der Waals surface area contributed by atoms with Crippen LogP contribution in [0.15, 0.2) is 11.2 Å². The minimum absolute atomic E-state index is 0. The van der Waals surface area contributed by atoms with Gasteiger partial charge in [-0.2, -0.15) is 0 Å². The first-order valence-corrected chi connectivity index (χ1v) is 6.65. The van der Waals surface area contributed by atoms with Crippen LogP contribution >= 0.6 is 12.4 Å². The normalized spacial score (nSPS) is 13.2. The summed E-state index contributed by atoms with van der Waals surface area (Å²) in [5.74, 6) is 0.684. The number of hydrogen-bond donors (Lipinski definition) is 2. The van der Waals surface area contributed by atoms with E-state index in [0.29, 0.717) is 12.4 Å². The Labute approximate surface area is 108 Å². The van der Waals surface area contributed by atoms with Crippen molar-refractivity contribution in [2.45, 2.75) is 38.4 Å². The average Bonchev–Trinajstić information content (AvgIpc) is 2.59. The van der Waals surface area contributed by atoms with Gasteiger partial charge in [0.1, 0.15) is 5.82 Å². The van der Waals surface area contributed by atoms with Crippen LogP contribution in [-0.2, 0) is 16.6 Å². The number of rotatable bonds is 5. The molecule has 0 saturated heterocycles. The second kappa shape index (κ2) is 6.34. The maximum Gasteiger partial charge on any atom is 0.259 e. The zero-order valence-corrected chi connectivity index (χ0v) is 11.8. The molecule has 1 heterocycles. The van der Waals surface area contributed by atoms with Gasteiger partial charge in [0, 0.05) is 25.3 Å². The van der Waals surface area contributed by atoms with E-state index in [1.54, 1.807) is 18.4 Å². The fourth-order valence-electron chi connectivity index (χ4n) is 1.30. The maximum absolute atomic E-state index is 11.8. The van der Waals surface area contributed by atoms with E-state index in [1.807, 2.05) is 6.92 Å². The van der Waals surface area contributed by atoms with Gasteiger partial charge in [-0.15, -0.1) is 12.4 Å². The first-order chi connectivity index (χ1) is 7.40. The van der Waals surface area contributed by atoms with E-state index >= 15 is 0 Å². The molecule has 0 unspecified atom stereocenters. The highest BCUT2D eigenvalue weighted by molar-refractivity contribution is 7.89. The SMILES string of the molecule is CCn1cc(S(=O)(=O)N[C@H](C)CN)nc1C.Cl. The fraction of sp³-hybridized carbons (Fsp3) is 0.667. The second-order valence-electron chi connectivity index (χ2n) is 3.67. The van der Waals surface area contributed by atoms with Crippen LogP contribution in [0.2, 0.25) is 0 Å². The molecule has 0 radical (unpaired) electrons. The van der Waals surface area contributed by atoms with E-state index < -0.39 is 10.0 Å². The Balaban J connectivity index is 0.00000256. The molecule has 0 aromatic carbocycles. The molecule has 8 heteroatoms. The minimum Gasteiger partial charge on any atom is -0.334 e. The summed E-state index contributed by atoms with van der Waals surface area (Å²) < 4.78 is 27.9. The number of hydrogen-bond acceptors (Lipinski definition) is 4. The Hall–Kier alpha value is -0.630. The van der Waals surface area contributed by atoms with Crippen molar-refractivity contribution in [2.24, 2.45) is 5.73 Å². The molecule has 1 atom stereocenters. The number of nitrogens with two attached hydrogens (primary N) is 1. The van der Waals surface area contributed by atoms with Crippen molar-refractivity contribution in [3.63, 3.8) is 0 Å². The lowest BCUT2D eigenvalue weighted by molar-refractivity contribution is 0.559. The van der Waals surface area contributed by atoms with Crippen molar-refractivity contribution in [3.8, 4) is 0 Å². The van der Waals surface area contributed by atoms with Crippen LogP contribution in [0, 0.1) is 6.92 Å². The van der Waals surface area contributed by atoms with E-state index in [-0.39, 0.29) is 30.0 Å². The molecule has 0 amide bonds. The van der Waals surface area contributed by atoms with Gasteiger partial charge < -0.3 is 10.3 Å². The van der Waals surface area contributed by atoms with Crippen molar-refractivity contribution in [2.75, 3.05) is 6.54 Å². The highest BCUT2D eigenvalue weighted by atomic mass is 35.5. The first kappa shape index (κ1) is 16.4. The molecule has 1 aromatic rings. The molecule has 0 spiro atoms. The van der Waals surface area contributed by atoms with E-state index in [2.05, 4.69) is 9.71 Å². The topological polar surface area (TPSA) is 90.0 Å². The molecule has 0 aliphatic rings. The molecule has 0 saturated carbocycles. The summed E-state index contributed by atoms with van der Waals surface area (Å²) in [6.45, 7) is 6.37. The van der Waals surface area contributed by atoms with Gasteiger partial charge in [-0.25, -0.2) is 18.1 Å². The summed E-state index contributed by atoms with van der Waals surface area (Å²) in [7, 11) is -3.55. The number of sulfonamides is 1. The summed E-state index contributed by atoms with van der Waals surface area (Å²) in [5, 5.41) is 0.0483. The smallest absolute Gasteiger partial charge is 0.259 e. The zero-order chi connectivity index (χ0) is 12.3. The van der Waals surface area contributed by atoms with Gasteiger partial charge in [-0.1, -0.05) is 0 Å². The number of aryl methyl sites for hydroxylation is 2. The van der Waals surface area contributed by atoms with Crippen molar-refractivity contribution < 1.29 is 8.42 Å². The van der Waals surface area contributed by atoms with Gasteiger partial charge in [-0.05, 0) is 20.8 Å². The Bertz CT molecular complexity index is 458. The van der Waals surface area contributed by atoms with E-state index in [0.717, 1.165) is 0 Å². The van der Waals surface area contributed by atoms with Gasteiger partial charge in [-0.3, -0.25) is 0 Å². The average molecular weight is 283 g/mol. The third kappa shape index (κ3) is 3.95. The van der Waals surface area contributed by atoms with Crippen molar-refractivity contribution in [3.05, 3.63) is 12.0 Å². The number of aromatic nitrogens is 2. The third-order valence-corrected chi connectivity index (χ3v) is 3.74. The van der Waals surface area contributed by atoms with E-state index in [4.69, 9.17) is 5.73 Å². The van der Waals surface area contributed by atoms with E-state index in [9.17, 15) is 8.42 Å². The lowest BCUT2D eigenvalue weighted by Gasteiger charge is -2.09. The molecule has 1 rings (SSSR count). The molecule has 0 aliphatic carbocycles. The number of nitrogens with one attached hydrogen (secondary N) is 1. The van der Waals surface area contributed by atoms with Crippen LogP contribution < -0.4 is 10.5 Å². The Morgan fingerprint density at radius 2 is 2.18 bits per heavy atom. The minimum atomic E-state index is -3.55. The number of halogens is 1. The molecule has 0 fully saturated rings. The van der Waals surface area contributed by atoms with Gasteiger partial charge in [0.15, 0.2) is 5.03 Å². The third-order valence-electron chi connectivity index (χ3n) is 2.28. The Morgan fingerprint density at radius 3 is 2.59 bits per heavy atom. The summed E-state index contributed by atoms with van der Waals surface area (Å²) in [6.07, 6.45) is 1.53. The first-order valence-electron chi connectivity index (χ1n) is 5.17. The molecule has 100 valence electrons. The van der Waals surface area contributed by atoms with E-state index in [1.165, 1.54) is 6.20 Å². The van der Waals surface area contributed by atoms with Crippen LogP contribution in [0.5, 0.6) is 0 Å². The van der Waals surface area contributed by atoms with Gasteiger partial charge in [0.2, 0.25) is 0 Å². The Morgan fingerprint density at radius 1 is 1.59 bits per heavy atom. The molecule has 0 aliphatic heterocycles. The monoisotopic (exact) mass is 282 g/mol. The van der Waals surface area contributed by atoms with Crippen molar-refractivity contribution in [1.82, 2.24) is 14.3 Å². The number of nitrogens with zero attached hydrogens (tertiary/aromatic N) is 2. The lowest BCUT2D eigenvalue weighted by Crippen LogP contribution is -2.37. The maximum atomic E-state index is 11.8. The molecule has 0 bridgehead atoms. The van der Waals surface area contributed by atoms with Gasteiger partial charge >= 0.3 is 0 Å². The Kier molecular flexibility index (Phi) is 6.11.